The van der Waals surface area contributed by atoms with Crippen LogP contribution in [0.25, 0.3) is 0 Å². The van der Waals surface area contributed by atoms with Crippen LogP contribution in [0.2, 0.25) is 0 Å². The maximum absolute atomic E-state index is 11.5. The van der Waals surface area contributed by atoms with Crippen molar-refractivity contribution in [1.29, 1.82) is 0 Å². The third-order valence-electron chi connectivity index (χ3n) is 2.34. The molecule has 0 saturated carbocycles. The summed E-state index contributed by atoms with van der Waals surface area (Å²) < 4.78 is 9.25. The summed E-state index contributed by atoms with van der Waals surface area (Å²) in [5.41, 5.74) is 1.10. The molecule has 1 aromatic rings. The molecule has 5 heteroatoms. The van der Waals surface area contributed by atoms with Gasteiger partial charge in [0.25, 0.3) is 0 Å². The molecule has 0 saturated heterocycles. The van der Waals surface area contributed by atoms with E-state index in [0.29, 0.717) is 5.75 Å². The molecule has 0 N–H and O–H groups in total. The number of esters is 2. The Morgan fingerprint density at radius 2 is 1.83 bits per heavy atom. The summed E-state index contributed by atoms with van der Waals surface area (Å²) in [5.74, 6) is -0.162. The van der Waals surface area contributed by atoms with Crippen molar-refractivity contribution in [3.8, 4) is 0 Å². The number of methoxy groups -OCH3 is 2. The van der Waals surface area contributed by atoms with E-state index in [-0.39, 0.29) is 6.42 Å². The molecule has 18 heavy (non-hydrogen) atoms. The van der Waals surface area contributed by atoms with Crippen molar-refractivity contribution >= 4 is 23.7 Å². The predicted molar refractivity (Wildman–Crippen MR) is 70.2 cm³/mol. The van der Waals surface area contributed by atoms with E-state index >= 15 is 0 Å². The van der Waals surface area contributed by atoms with Crippen molar-refractivity contribution in [2.75, 3.05) is 14.2 Å². The summed E-state index contributed by atoms with van der Waals surface area (Å²) in [4.78, 5) is 22.7. The van der Waals surface area contributed by atoms with Crippen molar-refractivity contribution in [3.63, 3.8) is 0 Å². The number of rotatable bonds is 6. The Morgan fingerprint density at radius 3 is 2.39 bits per heavy atom. The van der Waals surface area contributed by atoms with Crippen LogP contribution in [-0.2, 0) is 24.8 Å². The first-order valence-electron chi connectivity index (χ1n) is 5.47. The molecule has 0 fully saturated rings. The van der Waals surface area contributed by atoms with E-state index < -0.39 is 17.2 Å². The maximum Gasteiger partial charge on any atom is 0.319 e. The van der Waals surface area contributed by atoms with Gasteiger partial charge in [0.15, 0.2) is 0 Å². The van der Waals surface area contributed by atoms with Crippen LogP contribution in [0, 0.1) is 0 Å². The number of thioether (sulfide) groups is 1. The SMILES string of the molecule is COC(=O)CC(SCc1ccccc1)C(=O)OC. The summed E-state index contributed by atoms with van der Waals surface area (Å²) in [7, 11) is 2.62. The summed E-state index contributed by atoms with van der Waals surface area (Å²) in [6.45, 7) is 0. The molecule has 0 radical (unpaired) electrons. The normalized spacial score (nSPS) is 11.7. The Balaban J connectivity index is 2.56. The van der Waals surface area contributed by atoms with Crippen LogP contribution in [0.15, 0.2) is 30.3 Å². The van der Waals surface area contributed by atoms with Gasteiger partial charge in [0, 0.05) is 5.75 Å². The van der Waals surface area contributed by atoms with Gasteiger partial charge in [-0.2, -0.15) is 0 Å². The number of benzene rings is 1. The zero-order chi connectivity index (χ0) is 13.4. The quantitative estimate of drug-likeness (QED) is 0.739. The first kappa shape index (κ1) is 14.6. The fourth-order valence-corrected chi connectivity index (χ4v) is 2.42. The fourth-order valence-electron chi connectivity index (χ4n) is 1.35. The minimum atomic E-state index is -0.525. The molecule has 1 atom stereocenters. The molecule has 0 aliphatic heterocycles. The molecule has 0 aromatic heterocycles. The van der Waals surface area contributed by atoms with Crippen LogP contribution in [0.1, 0.15) is 12.0 Å². The molecule has 0 bridgehead atoms. The fraction of sp³-hybridized carbons (Fsp3) is 0.385. The highest BCUT2D eigenvalue weighted by molar-refractivity contribution is 7.99. The highest BCUT2D eigenvalue weighted by atomic mass is 32.2. The van der Waals surface area contributed by atoms with Crippen molar-refractivity contribution in [1.82, 2.24) is 0 Å². The van der Waals surface area contributed by atoms with Gasteiger partial charge in [0.2, 0.25) is 0 Å². The zero-order valence-corrected chi connectivity index (χ0v) is 11.2. The lowest BCUT2D eigenvalue weighted by Gasteiger charge is -2.12. The Morgan fingerprint density at radius 1 is 1.17 bits per heavy atom. The van der Waals surface area contributed by atoms with Crippen molar-refractivity contribution in [2.24, 2.45) is 0 Å². The Labute approximate surface area is 111 Å². The van der Waals surface area contributed by atoms with Crippen LogP contribution in [0.5, 0.6) is 0 Å². The molecular formula is C13H16O4S. The topological polar surface area (TPSA) is 52.6 Å². The first-order chi connectivity index (χ1) is 8.67. The van der Waals surface area contributed by atoms with E-state index in [1.54, 1.807) is 0 Å². The molecule has 0 amide bonds. The smallest absolute Gasteiger partial charge is 0.319 e. The zero-order valence-electron chi connectivity index (χ0n) is 10.4. The van der Waals surface area contributed by atoms with E-state index in [9.17, 15) is 9.59 Å². The van der Waals surface area contributed by atoms with E-state index in [2.05, 4.69) is 9.47 Å². The van der Waals surface area contributed by atoms with Gasteiger partial charge in [-0.15, -0.1) is 11.8 Å². The van der Waals surface area contributed by atoms with Crippen LogP contribution >= 0.6 is 11.8 Å². The Kier molecular flexibility index (Phi) is 6.28. The van der Waals surface area contributed by atoms with E-state index in [4.69, 9.17) is 0 Å². The van der Waals surface area contributed by atoms with Gasteiger partial charge in [-0.3, -0.25) is 9.59 Å². The summed E-state index contributed by atoms with van der Waals surface area (Å²) >= 11 is 1.38. The predicted octanol–water partition coefficient (Wildman–Crippen LogP) is 2.02. The molecule has 4 nitrogen and oxygen atoms in total. The third kappa shape index (κ3) is 4.79. The molecule has 1 aromatic carbocycles. The van der Waals surface area contributed by atoms with Crippen LogP contribution in [0.3, 0.4) is 0 Å². The Bertz CT molecular complexity index is 391. The minimum Gasteiger partial charge on any atom is -0.469 e. The average molecular weight is 268 g/mol. The molecule has 1 rings (SSSR count). The highest BCUT2D eigenvalue weighted by Gasteiger charge is 2.23. The number of carbonyl (C=O) groups is 2. The standard InChI is InChI=1S/C13H16O4S/c1-16-12(14)8-11(13(15)17-2)18-9-10-6-4-3-5-7-10/h3-7,11H,8-9H2,1-2H3. The van der Waals surface area contributed by atoms with Crippen LogP contribution < -0.4 is 0 Å². The van der Waals surface area contributed by atoms with Gasteiger partial charge >= 0.3 is 11.9 Å². The number of hydrogen-bond acceptors (Lipinski definition) is 5. The second-order valence-corrected chi connectivity index (χ2v) is 4.78. The van der Waals surface area contributed by atoms with Gasteiger partial charge in [-0.1, -0.05) is 30.3 Å². The van der Waals surface area contributed by atoms with Crippen molar-refractivity contribution in [2.45, 2.75) is 17.4 Å². The highest BCUT2D eigenvalue weighted by Crippen LogP contribution is 2.21. The lowest BCUT2D eigenvalue weighted by Crippen LogP contribution is -2.23. The molecule has 1 unspecified atom stereocenters. The average Bonchev–Trinajstić information content (AvgIpc) is 2.43. The monoisotopic (exact) mass is 268 g/mol. The van der Waals surface area contributed by atoms with Gasteiger partial charge in [0.1, 0.15) is 5.25 Å². The molecule has 0 heterocycles. The van der Waals surface area contributed by atoms with Crippen LogP contribution in [0.4, 0.5) is 0 Å². The molecule has 0 aliphatic carbocycles. The van der Waals surface area contributed by atoms with Gasteiger partial charge < -0.3 is 9.47 Å². The lowest BCUT2D eigenvalue weighted by molar-refractivity contribution is -0.146. The summed E-state index contributed by atoms with van der Waals surface area (Å²) in [5, 5.41) is -0.525. The molecular weight excluding hydrogens is 252 g/mol. The number of carbonyl (C=O) groups excluding carboxylic acids is 2. The number of hydrogen-bond donors (Lipinski definition) is 0. The van der Waals surface area contributed by atoms with Gasteiger partial charge in [-0.25, -0.2) is 0 Å². The number of ether oxygens (including phenoxy) is 2. The van der Waals surface area contributed by atoms with E-state index in [0.717, 1.165) is 5.56 Å². The van der Waals surface area contributed by atoms with E-state index in [1.165, 1.54) is 26.0 Å². The second-order valence-electron chi connectivity index (χ2n) is 3.59. The largest absolute Gasteiger partial charge is 0.469 e. The van der Waals surface area contributed by atoms with E-state index in [1.807, 2.05) is 30.3 Å². The lowest BCUT2D eigenvalue weighted by atomic mass is 10.2. The van der Waals surface area contributed by atoms with Crippen LogP contribution in [-0.4, -0.2) is 31.4 Å². The molecule has 0 aliphatic rings. The van der Waals surface area contributed by atoms with Crippen molar-refractivity contribution < 1.29 is 19.1 Å². The Hall–Kier alpha value is -1.49. The first-order valence-corrected chi connectivity index (χ1v) is 6.52. The summed E-state index contributed by atoms with van der Waals surface area (Å²) in [6.07, 6.45) is 0.0284. The van der Waals surface area contributed by atoms with Crippen molar-refractivity contribution in [3.05, 3.63) is 35.9 Å². The van der Waals surface area contributed by atoms with Gasteiger partial charge in [0.05, 0.1) is 20.6 Å². The maximum atomic E-state index is 11.5. The van der Waals surface area contributed by atoms with Gasteiger partial charge in [-0.05, 0) is 5.56 Å². The second kappa shape index (κ2) is 7.76. The molecule has 98 valence electrons. The minimum absolute atomic E-state index is 0.0284. The molecule has 0 spiro atoms. The third-order valence-corrected chi connectivity index (χ3v) is 3.60. The summed E-state index contributed by atoms with van der Waals surface area (Å²) in [6, 6.07) is 9.74.